The molecular formula is C9H17NO3S. The van der Waals surface area contributed by atoms with Crippen molar-refractivity contribution < 1.29 is 14.7 Å². The van der Waals surface area contributed by atoms with Crippen molar-refractivity contribution in [3.05, 3.63) is 0 Å². The van der Waals surface area contributed by atoms with E-state index in [1.807, 2.05) is 6.92 Å². The SMILES string of the molecule is CCC(SCCC(=O)N(C)C)C(=O)O. The van der Waals surface area contributed by atoms with Crippen LogP contribution in [0.5, 0.6) is 0 Å². The van der Waals surface area contributed by atoms with Crippen LogP contribution >= 0.6 is 11.8 Å². The quantitative estimate of drug-likeness (QED) is 0.725. The summed E-state index contributed by atoms with van der Waals surface area (Å²) < 4.78 is 0. The topological polar surface area (TPSA) is 57.6 Å². The molecule has 0 spiro atoms. The molecule has 1 atom stereocenters. The first kappa shape index (κ1) is 13.3. The standard InChI is InChI=1S/C9H17NO3S/c1-4-7(9(12)13)14-6-5-8(11)10(2)3/h7H,4-6H2,1-3H3,(H,12,13). The first-order valence-electron chi connectivity index (χ1n) is 4.53. The number of carboxylic acids is 1. The maximum atomic E-state index is 11.1. The van der Waals surface area contributed by atoms with Crippen LogP contribution in [0.25, 0.3) is 0 Å². The number of nitrogens with zero attached hydrogens (tertiary/aromatic N) is 1. The van der Waals surface area contributed by atoms with Gasteiger partial charge in [0.25, 0.3) is 0 Å². The van der Waals surface area contributed by atoms with Gasteiger partial charge in [-0.3, -0.25) is 9.59 Å². The predicted octanol–water partition coefficient (Wildman–Crippen LogP) is 1.06. The number of hydrogen-bond donors (Lipinski definition) is 1. The molecule has 0 bridgehead atoms. The fourth-order valence-electron chi connectivity index (χ4n) is 0.876. The van der Waals surface area contributed by atoms with Gasteiger partial charge in [-0.15, -0.1) is 11.8 Å². The fraction of sp³-hybridized carbons (Fsp3) is 0.778. The van der Waals surface area contributed by atoms with E-state index < -0.39 is 5.97 Å². The number of rotatable bonds is 6. The van der Waals surface area contributed by atoms with Crippen LogP contribution in [-0.2, 0) is 9.59 Å². The monoisotopic (exact) mass is 219 g/mol. The molecule has 0 radical (unpaired) electrons. The molecule has 82 valence electrons. The number of hydrogen-bond acceptors (Lipinski definition) is 3. The third-order valence-electron chi connectivity index (χ3n) is 1.78. The summed E-state index contributed by atoms with van der Waals surface area (Å²) >= 11 is 1.33. The van der Waals surface area contributed by atoms with E-state index in [0.717, 1.165) is 0 Å². The summed E-state index contributed by atoms with van der Waals surface area (Å²) in [7, 11) is 3.39. The summed E-state index contributed by atoms with van der Waals surface area (Å²) in [4.78, 5) is 23.3. The number of carbonyl (C=O) groups is 2. The highest BCUT2D eigenvalue weighted by Gasteiger charge is 2.15. The van der Waals surface area contributed by atoms with E-state index in [1.165, 1.54) is 16.7 Å². The van der Waals surface area contributed by atoms with Crippen LogP contribution in [0.4, 0.5) is 0 Å². The number of amides is 1. The molecule has 0 saturated heterocycles. The third kappa shape index (κ3) is 5.11. The molecule has 0 aliphatic carbocycles. The van der Waals surface area contributed by atoms with Gasteiger partial charge in [0.15, 0.2) is 0 Å². The molecule has 0 aromatic rings. The van der Waals surface area contributed by atoms with Crippen molar-refractivity contribution >= 4 is 23.6 Å². The van der Waals surface area contributed by atoms with Crippen LogP contribution in [-0.4, -0.2) is 47.0 Å². The van der Waals surface area contributed by atoms with E-state index in [4.69, 9.17) is 5.11 Å². The molecule has 14 heavy (non-hydrogen) atoms. The second kappa shape index (κ2) is 6.70. The van der Waals surface area contributed by atoms with E-state index >= 15 is 0 Å². The van der Waals surface area contributed by atoms with Crippen molar-refractivity contribution in [3.63, 3.8) is 0 Å². The molecule has 0 rings (SSSR count). The minimum Gasteiger partial charge on any atom is -0.480 e. The fourth-order valence-corrected chi connectivity index (χ4v) is 1.83. The van der Waals surface area contributed by atoms with Crippen LogP contribution in [0, 0.1) is 0 Å². The summed E-state index contributed by atoms with van der Waals surface area (Å²) in [6.45, 7) is 1.83. The molecule has 1 unspecified atom stereocenters. The zero-order valence-electron chi connectivity index (χ0n) is 8.82. The lowest BCUT2D eigenvalue weighted by Crippen LogP contribution is -2.23. The van der Waals surface area contributed by atoms with Gasteiger partial charge in [0.1, 0.15) is 5.25 Å². The van der Waals surface area contributed by atoms with Gasteiger partial charge in [0.05, 0.1) is 0 Å². The van der Waals surface area contributed by atoms with E-state index in [0.29, 0.717) is 18.6 Å². The molecule has 4 nitrogen and oxygen atoms in total. The van der Waals surface area contributed by atoms with Crippen molar-refractivity contribution in [2.75, 3.05) is 19.8 Å². The third-order valence-corrected chi connectivity index (χ3v) is 3.16. The van der Waals surface area contributed by atoms with Gasteiger partial charge in [0.2, 0.25) is 5.91 Å². The van der Waals surface area contributed by atoms with E-state index in [1.54, 1.807) is 14.1 Å². The van der Waals surface area contributed by atoms with Gasteiger partial charge in [-0.25, -0.2) is 0 Å². The zero-order chi connectivity index (χ0) is 11.1. The molecule has 0 aromatic heterocycles. The molecule has 0 aromatic carbocycles. The molecule has 5 heteroatoms. The normalized spacial score (nSPS) is 12.2. The molecular weight excluding hydrogens is 202 g/mol. The predicted molar refractivity (Wildman–Crippen MR) is 57.5 cm³/mol. The van der Waals surface area contributed by atoms with Crippen molar-refractivity contribution in [1.82, 2.24) is 4.90 Å². The Morgan fingerprint density at radius 3 is 2.36 bits per heavy atom. The van der Waals surface area contributed by atoms with Crippen molar-refractivity contribution in [1.29, 1.82) is 0 Å². The molecule has 0 aliphatic heterocycles. The summed E-state index contributed by atoms with van der Waals surface area (Å²) in [5.41, 5.74) is 0. The second-order valence-electron chi connectivity index (χ2n) is 3.14. The highest BCUT2D eigenvalue weighted by atomic mass is 32.2. The van der Waals surface area contributed by atoms with Crippen LogP contribution < -0.4 is 0 Å². The number of aliphatic carboxylic acids is 1. The average Bonchev–Trinajstić information content (AvgIpc) is 2.11. The molecule has 0 saturated carbocycles. The van der Waals surface area contributed by atoms with Crippen LogP contribution in [0.2, 0.25) is 0 Å². The second-order valence-corrected chi connectivity index (χ2v) is 4.45. The number of carbonyl (C=O) groups excluding carboxylic acids is 1. The van der Waals surface area contributed by atoms with Gasteiger partial charge in [-0.1, -0.05) is 6.92 Å². The van der Waals surface area contributed by atoms with Crippen LogP contribution in [0.3, 0.4) is 0 Å². The van der Waals surface area contributed by atoms with E-state index in [9.17, 15) is 9.59 Å². The Hall–Kier alpha value is -0.710. The van der Waals surface area contributed by atoms with Gasteiger partial charge in [-0.2, -0.15) is 0 Å². The van der Waals surface area contributed by atoms with Gasteiger partial charge in [0, 0.05) is 26.3 Å². The smallest absolute Gasteiger partial charge is 0.316 e. The van der Waals surface area contributed by atoms with Gasteiger partial charge >= 0.3 is 5.97 Å². The van der Waals surface area contributed by atoms with Crippen molar-refractivity contribution in [3.8, 4) is 0 Å². The minimum absolute atomic E-state index is 0.0396. The molecule has 0 heterocycles. The Morgan fingerprint density at radius 1 is 1.43 bits per heavy atom. The summed E-state index contributed by atoms with van der Waals surface area (Å²) in [6.07, 6.45) is 0.998. The Balaban J connectivity index is 3.72. The van der Waals surface area contributed by atoms with Crippen molar-refractivity contribution in [2.24, 2.45) is 0 Å². The maximum Gasteiger partial charge on any atom is 0.316 e. The lowest BCUT2D eigenvalue weighted by Gasteiger charge is -2.11. The lowest BCUT2D eigenvalue weighted by atomic mass is 10.3. The van der Waals surface area contributed by atoms with Gasteiger partial charge < -0.3 is 10.0 Å². The van der Waals surface area contributed by atoms with E-state index in [2.05, 4.69) is 0 Å². The zero-order valence-corrected chi connectivity index (χ0v) is 9.63. The first-order valence-corrected chi connectivity index (χ1v) is 5.58. The van der Waals surface area contributed by atoms with Crippen molar-refractivity contribution in [2.45, 2.75) is 25.0 Å². The highest BCUT2D eigenvalue weighted by Crippen LogP contribution is 2.15. The molecule has 1 amide bonds. The summed E-state index contributed by atoms with van der Waals surface area (Å²) in [5, 5.41) is 8.35. The highest BCUT2D eigenvalue weighted by molar-refractivity contribution is 8.00. The lowest BCUT2D eigenvalue weighted by molar-refractivity contribution is -0.136. The largest absolute Gasteiger partial charge is 0.480 e. The molecule has 0 aliphatic rings. The summed E-state index contributed by atoms with van der Waals surface area (Å²) in [6, 6.07) is 0. The molecule has 0 fully saturated rings. The van der Waals surface area contributed by atoms with Crippen LogP contribution in [0.1, 0.15) is 19.8 Å². The summed E-state index contributed by atoms with van der Waals surface area (Å²) in [5.74, 6) is -0.186. The Morgan fingerprint density at radius 2 is 2.00 bits per heavy atom. The molecule has 1 N–H and O–H groups in total. The number of carboxylic acid groups (broad SMARTS) is 1. The van der Waals surface area contributed by atoms with Crippen LogP contribution in [0.15, 0.2) is 0 Å². The Bertz CT molecular complexity index is 206. The number of thioether (sulfide) groups is 1. The first-order chi connectivity index (χ1) is 6.49. The van der Waals surface area contributed by atoms with Gasteiger partial charge in [-0.05, 0) is 6.42 Å². The maximum absolute atomic E-state index is 11.1. The minimum atomic E-state index is -0.796. The Labute approximate surface area is 88.7 Å². The Kier molecular flexibility index (Phi) is 6.36. The average molecular weight is 219 g/mol. The van der Waals surface area contributed by atoms with E-state index in [-0.39, 0.29) is 11.2 Å².